The van der Waals surface area contributed by atoms with Crippen molar-refractivity contribution in [2.75, 3.05) is 31.3 Å². The minimum atomic E-state index is -0.116. The van der Waals surface area contributed by atoms with Crippen LogP contribution in [0.1, 0.15) is 15.9 Å². The van der Waals surface area contributed by atoms with Crippen molar-refractivity contribution in [3.63, 3.8) is 0 Å². The Morgan fingerprint density at radius 2 is 1.77 bits per heavy atom. The van der Waals surface area contributed by atoms with Gasteiger partial charge in [-0.05, 0) is 32.3 Å². The second-order valence-electron chi connectivity index (χ2n) is 7.34. The first-order chi connectivity index (χ1) is 15.0. The van der Waals surface area contributed by atoms with E-state index in [1.807, 2.05) is 56.6 Å². The average Bonchev–Trinajstić information content (AvgIpc) is 3.19. The topological polar surface area (TPSA) is 103 Å². The molecule has 0 spiro atoms. The van der Waals surface area contributed by atoms with Crippen LogP contribution in [0.25, 0.3) is 11.0 Å². The Balaban J connectivity index is 1.64. The van der Waals surface area contributed by atoms with Gasteiger partial charge in [0.2, 0.25) is 5.91 Å². The molecule has 3 N–H and O–H groups in total. The lowest BCUT2D eigenvalue weighted by atomic mass is 10.0. The van der Waals surface area contributed by atoms with Gasteiger partial charge in [-0.2, -0.15) is 0 Å². The van der Waals surface area contributed by atoms with Crippen LogP contribution in [0.3, 0.4) is 0 Å². The number of hydrogen-bond donors (Lipinski definition) is 3. The number of anilines is 3. The summed E-state index contributed by atoms with van der Waals surface area (Å²) in [5.41, 5.74) is 3.02. The van der Waals surface area contributed by atoms with Gasteiger partial charge in [0, 0.05) is 23.1 Å². The zero-order valence-electron chi connectivity index (χ0n) is 17.2. The van der Waals surface area contributed by atoms with Crippen LogP contribution in [0, 0.1) is 0 Å². The van der Waals surface area contributed by atoms with E-state index in [0.29, 0.717) is 40.2 Å². The molecule has 0 aliphatic rings. The number of rotatable bonds is 7. The Labute approximate surface area is 179 Å². The SMILES string of the molecule is CN(C)CC(=O)Nc1cccc(Nc2ncnc3[nH]cc(C(=O)c4ccccc4)c23)c1. The minimum Gasteiger partial charge on any atom is -0.345 e. The van der Waals surface area contributed by atoms with Gasteiger partial charge in [0.25, 0.3) is 0 Å². The lowest BCUT2D eigenvalue weighted by molar-refractivity contribution is -0.116. The van der Waals surface area contributed by atoms with Gasteiger partial charge < -0.3 is 20.5 Å². The molecule has 8 heteroatoms. The summed E-state index contributed by atoms with van der Waals surface area (Å²) < 4.78 is 0. The van der Waals surface area contributed by atoms with Crippen LogP contribution >= 0.6 is 0 Å². The zero-order valence-corrected chi connectivity index (χ0v) is 17.2. The van der Waals surface area contributed by atoms with Crippen molar-refractivity contribution in [3.05, 3.63) is 78.2 Å². The van der Waals surface area contributed by atoms with Gasteiger partial charge in [0.15, 0.2) is 5.78 Å². The van der Waals surface area contributed by atoms with Crippen LogP contribution in [-0.2, 0) is 4.79 Å². The summed E-state index contributed by atoms with van der Waals surface area (Å²) in [7, 11) is 3.67. The third-order valence-electron chi connectivity index (χ3n) is 4.62. The number of aromatic nitrogens is 3. The van der Waals surface area contributed by atoms with E-state index in [0.717, 1.165) is 5.69 Å². The third-order valence-corrected chi connectivity index (χ3v) is 4.62. The fraction of sp³-hybridized carbons (Fsp3) is 0.130. The van der Waals surface area contributed by atoms with E-state index in [1.54, 1.807) is 23.2 Å². The Kier molecular flexibility index (Phi) is 5.72. The molecule has 8 nitrogen and oxygen atoms in total. The molecule has 0 radical (unpaired) electrons. The molecule has 0 bridgehead atoms. The first kappa shape index (κ1) is 20.2. The monoisotopic (exact) mass is 414 g/mol. The third kappa shape index (κ3) is 4.59. The second-order valence-corrected chi connectivity index (χ2v) is 7.34. The largest absolute Gasteiger partial charge is 0.345 e. The lowest BCUT2D eigenvalue weighted by Crippen LogP contribution is -2.27. The second kappa shape index (κ2) is 8.76. The van der Waals surface area contributed by atoms with Crippen molar-refractivity contribution in [3.8, 4) is 0 Å². The van der Waals surface area contributed by atoms with Gasteiger partial charge in [0.1, 0.15) is 17.8 Å². The Morgan fingerprint density at radius 1 is 1.00 bits per heavy atom. The molecule has 2 heterocycles. The van der Waals surface area contributed by atoms with Crippen molar-refractivity contribution < 1.29 is 9.59 Å². The standard InChI is InChI=1S/C23H22N6O2/c1-29(2)13-19(30)27-16-9-6-10-17(11-16)28-23-20-18(12-24-22(20)25-14-26-23)21(31)15-7-4-3-5-8-15/h3-12,14H,13H2,1-2H3,(H,27,30)(H2,24,25,26,28). The van der Waals surface area contributed by atoms with Gasteiger partial charge in [-0.15, -0.1) is 0 Å². The van der Waals surface area contributed by atoms with Gasteiger partial charge in [-0.25, -0.2) is 9.97 Å². The normalized spacial score (nSPS) is 10.9. The molecule has 2 aromatic heterocycles. The van der Waals surface area contributed by atoms with Crippen LogP contribution in [0.5, 0.6) is 0 Å². The molecule has 4 rings (SSSR count). The smallest absolute Gasteiger partial charge is 0.238 e. The van der Waals surface area contributed by atoms with Crippen molar-refractivity contribution >= 4 is 39.9 Å². The van der Waals surface area contributed by atoms with E-state index in [1.165, 1.54) is 6.33 Å². The molecule has 0 saturated heterocycles. The molecule has 156 valence electrons. The maximum absolute atomic E-state index is 13.0. The molecular weight excluding hydrogens is 392 g/mol. The summed E-state index contributed by atoms with van der Waals surface area (Å²) in [5.74, 6) is 0.282. The van der Waals surface area contributed by atoms with Crippen LogP contribution in [0.4, 0.5) is 17.2 Å². The highest BCUT2D eigenvalue weighted by molar-refractivity contribution is 6.18. The maximum atomic E-state index is 13.0. The van der Waals surface area contributed by atoms with E-state index in [9.17, 15) is 9.59 Å². The molecule has 0 atom stereocenters. The van der Waals surface area contributed by atoms with E-state index in [-0.39, 0.29) is 11.7 Å². The Bertz CT molecular complexity index is 1230. The number of nitrogens with one attached hydrogen (secondary N) is 3. The first-order valence-electron chi connectivity index (χ1n) is 9.75. The highest BCUT2D eigenvalue weighted by atomic mass is 16.2. The van der Waals surface area contributed by atoms with Crippen LogP contribution in [-0.4, -0.2) is 52.2 Å². The molecule has 0 saturated carbocycles. The van der Waals surface area contributed by atoms with E-state index < -0.39 is 0 Å². The van der Waals surface area contributed by atoms with Gasteiger partial charge in [-0.1, -0.05) is 36.4 Å². The predicted molar refractivity (Wildman–Crippen MR) is 121 cm³/mol. The lowest BCUT2D eigenvalue weighted by Gasteiger charge is -2.12. The fourth-order valence-electron chi connectivity index (χ4n) is 3.28. The number of amides is 1. The summed E-state index contributed by atoms with van der Waals surface area (Å²) in [6.45, 7) is 0.290. The molecule has 2 aromatic carbocycles. The number of carbonyl (C=O) groups is 2. The van der Waals surface area contributed by atoms with Crippen molar-refractivity contribution in [1.29, 1.82) is 0 Å². The van der Waals surface area contributed by atoms with Crippen LogP contribution < -0.4 is 10.6 Å². The molecule has 0 aliphatic carbocycles. The number of benzene rings is 2. The van der Waals surface area contributed by atoms with E-state index in [2.05, 4.69) is 25.6 Å². The summed E-state index contributed by atoms with van der Waals surface area (Å²) >= 11 is 0. The zero-order chi connectivity index (χ0) is 21.8. The summed E-state index contributed by atoms with van der Waals surface area (Å²) in [6.07, 6.45) is 3.08. The quantitative estimate of drug-likeness (QED) is 0.400. The number of aromatic amines is 1. The Morgan fingerprint density at radius 3 is 2.55 bits per heavy atom. The van der Waals surface area contributed by atoms with Crippen molar-refractivity contribution in [2.24, 2.45) is 0 Å². The van der Waals surface area contributed by atoms with Gasteiger partial charge in [-0.3, -0.25) is 9.59 Å². The molecular formula is C23H22N6O2. The first-order valence-corrected chi connectivity index (χ1v) is 9.75. The fourth-order valence-corrected chi connectivity index (χ4v) is 3.28. The highest BCUT2D eigenvalue weighted by Gasteiger charge is 2.18. The van der Waals surface area contributed by atoms with Gasteiger partial charge in [0.05, 0.1) is 17.5 Å². The van der Waals surface area contributed by atoms with Crippen molar-refractivity contribution in [1.82, 2.24) is 19.9 Å². The highest BCUT2D eigenvalue weighted by Crippen LogP contribution is 2.28. The number of carbonyl (C=O) groups excluding carboxylic acids is 2. The molecule has 1 amide bonds. The van der Waals surface area contributed by atoms with Crippen LogP contribution in [0.2, 0.25) is 0 Å². The average molecular weight is 414 g/mol. The minimum absolute atomic E-state index is 0.104. The van der Waals surface area contributed by atoms with Crippen molar-refractivity contribution in [2.45, 2.75) is 0 Å². The summed E-state index contributed by atoms with van der Waals surface area (Å²) in [5, 5.41) is 6.73. The van der Waals surface area contributed by atoms with Crippen LogP contribution in [0.15, 0.2) is 67.1 Å². The predicted octanol–water partition coefficient (Wildman–Crippen LogP) is 3.43. The van der Waals surface area contributed by atoms with E-state index in [4.69, 9.17) is 0 Å². The van der Waals surface area contributed by atoms with E-state index >= 15 is 0 Å². The van der Waals surface area contributed by atoms with Gasteiger partial charge >= 0.3 is 0 Å². The molecule has 0 aliphatic heterocycles. The molecule has 0 unspecified atom stereocenters. The number of nitrogens with zero attached hydrogens (tertiary/aromatic N) is 3. The molecule has 4 aromatic rings. The molecule has 31 heavy (non-hydrogen) atoms. The number of ketones is 1. The summed E-state index contributed by atoms with van der Waals surface area (Å²) in [4.78, 5) is 38.5. The number of hydrogen-bond acceptors (Lipinski definition) is 6. The molecule has 0 fully saturated rings. The summed E-state index contributed by atoms with van der Waals surface area (Å²) in [6, 6.07) is 16.4. The number of H-pyrrole nitrogens is 1. The Hall–Kier alpha value is -4.04. The number of likely N-dealkylation sites (N-methyl/N-ethyl adjacent to an activating group) is 1. The number of fused-ring (bicyclic) bond motifs is 1. The maximum Gasteiger partial charge on any atom is 0.238 e.